The fourth-order valence-corrected chi connectivity index (χ4v) is 2.17. The first-order valence-corrected chi connectivity index (χ1v) is 6.81. The highest BCUT2D eigenvalue weighted by atomic mass is 19.1. The van der Waals surface area contributed by atoms with E-state index in [4.69, 9.17) is 14.2 Å². The average molecular weight is 313 g/mol. The Labute approximate surface area is 134 Å². The monoisotopic (exact) mass is 313 g/mol. The molecule has 0 amide bonds. The third-order valence-electron chi connectivity index (χ3n) is 3.33. The van der Waals surface area contributed by atoms with Gasteiger partial charge in [-0.3, -0.25) is 0 Å². The summed E-state index contributed by atoms with van der Waals surface area (Å²) in [6.45, 7) is 0. The van der Waals surface area contributed by atoms with Gasteiger partial charge in [0.15, 0.2) is 0 Å². The van der Waals surface area contributed by atoms with E-state index in [1.54, 1.807) is 30.3 Å². The molecule has 0 radical (unpaired) electrons. The van der Waals surface area contributed by atoms with Crippen LogP contribution in [0.4, 0.5) is 4.39 Å². The van der Waals surface area contributed by atoms with Gasteiger partial charge in [-0.2, -0.15) is 5.26 Å². The summed E-state index contributed by atoms with van der Waals surface area (Å²) in [5.74, 6) is 1.02. The van der Waals surface area contributed by atoms with E-state index in [1.807, 2.05) is 6.07 Å². The van der Waals surface area contributed by atoms with E-state index in [1.165, 1.54) is 33.5 Å². The second-order valence-electron chi connectivity index (χ2n) is 4.60. The molecule has 0 saturated heterocycles. The molecule has 23 heavy (non-hydrogen) atoms. The summed E-state index contributed by atoms with van der Waals surface area (Å²) in [4.78, 5) is 0. The van der Waals surface area contributed by atoms with Crippen LogP contribution in [0.25, 0.3) is 11.6 Å². The first-order valence-electron chi connectivity index (χ1n) is 6.81. The van der Waals surface area contributed by atoms with Crippen molar-refractivity contribution in [3.8, 4) is 23.3 Å². The fourth-order valence-electron chi connectivity index (χ4n) is 2.17. The summed E-state index contributed by atoms with van der Waals surface area (Å²) in [5, 5.41) is 9.40. The first-order chi connectivity index (χ1) is 11.1. The lowest BCUT2D eigenvalue weighted by Gasteiger charge is -2.13. The number of ether oxygens (including phenoxy) is 3. The Hall–Kier alpha value is -3.00. The quantitative estimate of drug-likeness (QED) is 0.620. The molecule has 0 atom stereocenters. The zero-order valence-electron chi connectivity index (χ0n) is 13.1. The molecule has 0 unspecified atom stereocenters. The third kappa shape index (κ3) is 3.43. The lowest BCUT2D eigenvalue weighted by molar-refractivity contribution is 0.374. The van der Waals surface area contributed by atoms with Crippen LogP contribution in [-0.2, 0) is 0 Å². The zero-order valence-corrected chi connectivity index (χ0v) is 13.1. The Kier molecular flexibility index (Phi) is 5.21. The predicted octanol–water partition coefficient (Wildman–Crippen LogP) is 3.92. The third-order valence-corrected chi connectivity index (χ3v) is 3.33. The molecule has 0 bridgehead atoms. The first kappa shape index (κ1) is 16.4. The van der Waals surface area contributed by atoms with Crippen LogP contribution in [0, 0.1) is 17.1 Å². The number of nitriles is 1. The van der Waals surface area contributed by atoms with E-state index < -0.39 is 5.82 Å². The number of benzene rings is 2. The number of halogens is 1. The number of methoxy groups -OCH3 is 3. The summed E-state index contributed by atoms with van der Waals surface area (Å²) in [7, 11) is 4.53. The van der Waals surface area contributed by atoms with Crippen LogP contribution in [0.1, 0.15) is 11.1 Å². The van der Waals surface area contributed by atoms with E-state index >= 15 is 0 Å². The molecule has 0 saturated carbocycles. The van der Waals surface area contributed by atoms with Gasteiger partial charge in [0.2, 0.25) is 0 Å². The number of hydrogen-bond acceptors (Lipinski definition) is 4. The predicted molar refractivity (Wildman–Crippen MR) is 86.0 cm³/mol. The number of rotatable bonds is 5. The molecule has 0 heterocycles. The van der Waals surface area contributed by atoms with Crippen molar-refractivity contribution in [2.45, 2.75) is 0 Å². The highest BCUT2D eigenvalue weighted by Crippen LogP contribution is 2.36. The highest BCUT2D eigenvalue weighted by Gasteiger charge is 2.14. The SMILES string of the molecule is COc1cc(OC)c(/C=C(/C#N)c2ccccc2F)c(OC)c1. The minimum atomic E-state index is -0.466. The number of allylic oxidation sites excluding steroid dienone is 1. The summed E-state index contributed by atoms with van der Waals surface area (Å²) >= 11 is 0. The maximum atomic E-state index is 13.9. The molecule has 0 aromatic heterocycles. The summed E-state index contributed by atoms with van der Waals surface area (Å²) in [6, 6.07) is 11.5. The van der Waals surface area contributed by atoms with Crippen molar-refractivity contribution in [3.63, 3.8) is 0 Å². The van der Waals surface area contributed by atoms with Gasteiger partial charge in [0.1, 0.15) is 23.1 Å². The second-order valence-corrected chi connectivity index (χ2v) is 4.60. The van der Waals surface area contributed by atoms with Crippen molar-refractivity contribution in [3.05, 3.63) is 53.3 Å². The van der Waals surface area contributed by atoms with Crippen molar-refractivity contribution in [2.75, 3.05) is 21.3 Å². The minimum absolute atomic E-state index is 0.171. The molecular weight excluding hydrogens is 297 g/mol. The van der Waals surface area contributed by atoms with E-state index in [2.05, 4.69) is 0 Å². The van der Waals surface area contributed by atoms with E-state index in [-0.39, 0.29) is 11.1 Å². The van der Waals surface area contributed by atoms with Crippen LogP contribution >= 0.6 is 0 Å². The van der Waals surface area contributed by atoms with Crippen molar-refractivity contribution >= 4 is 11.6 Å². The molecule has 0 fully saturated rings. The Bertz CT molecular complexity index is 753. The van der Waals surface area contributed by atoms with Crippen LogP contribution in [-0.4, -0.2) is 21.3 Å². The summed E-state index contributed by atoms with van der Waals surface area (Å²) in [6.07, 6.45) is 1.54. The fraction of sp³-hybridized carbons (Fsp3) is 0.167. The summed E-state index contributed by atoms with van der Waals surface area (Å²) in [5.41, 5.74) is 0.926. The molecule has 118 valence electrons. The van der Waals surface area contributed by atoms with Crippen LogP contribution in [0.2, 0.25) is 0 Å². The summed E-state index contributed by atoms with van der Waals surface area (Å²) < 4.78 is 29.8. The van der Waals surface area contributed by atoms with Crippen LogP contribution in [0.5, 0.6) is 17.2 Å². The van der Waals surface area contributed by atoms with Crippen molar-refractivity contribution in [2.24, 2.45) is 0 Å². The number of nitrogens with zero attached hydrogens (tertiary/aromatic N) is 1. The number of hydrogen-bond donors (Lipinski definition) is 0. The van der Waals surface area contributed by atoms with Gasteiger partial charge in [-0.05, 0) is 12.1 Å². The van der Waals surface area contributed by atoms with Crippen LogP contribution < -0.4 is 14.2 Å². The molecule has 0 spiro atoms. The van der Waals surface area contributed by atoms with Gasteiger partial charge in [-0.1, -0.05) is 18.2 Å². The van der Waals surface area contributed by atoms with Crippen LogP contribution in [0.3, 0.4) is 0 Å². The van der Waals surface area contributed by atoms with Crippen molar-refractivity contribution < 1.29 is 18.6 Å². The van der Waals surface area contributed by atoms with Crippen molar-refractivity contribution in [1.29, 1.82) is 5.26 Å². The molecule has 0 aliphatic heterocycles. The maximum Gasteiger partial charge on any atom is 0.133 e. The Morgan fingerprint density at radius 2 is 1.65 bits per heavy atom. The topological polar surface area (TPSA) is 51.5 Å². The maximum absolute atomic E-state index is 13.9. The van der Waals surface area contributed by atoms with Gasteiger partial charge >= 0.3 is 0 Å². The lowest BCUT2D eigenvalue weighted by Crippen LogP contribution is -1.96. The van der Waals surface area contributed by atoms with Gasteiger partial charge in [-0.25, -0.2) is 4.39 Å². The normalized spacial score (nSPS) is 10.8. The molecule has 2 rings (SSSR count). The Morgan fingerprint density at radius 1 is 1.04 bits per heavy atom. The zero-order chi connectivity index (χ0) is 16.8. The second kappa shape index (κ2) is 7.32. The highest BCUT2D eigenvalue weighted by molar-refractivity contribution is 5.92. The van der Waals surface area contributed by atoms with E-state index in [0.29, 0.717) is 22.8 Å². The minimum Gasteiger partial charge on any atom is -0.496 e. The molecule has 5 heteroatoms. The van der Waals surface area contributed by atoms with Gasteiger partial charge in [0, 0.05) is 17.7 Å². The molecule has 0 N–H and O–H groups in total. The molecule has 4 nitrogen and oxygen atoms in total. The lowest BCUT2D eigenvalue weighted by atomic mass is 10.0. The Morgan fingerprint density at radius 3 is 2.13 bits per heavy atom. The standard InChI is InChI=1S/C18H16FNO3/c1-21-13-9-17(22-2)15(18(10-13)23-3)8-12(11-20)14-6-4-5-7-16(14)19/h4-10H,1-3H3/b12-8-. The van der Waals surface area contributed by atoms with Gasteiger partial charge in [-0.15, -0.1) is 0 Å². The molecule has 0 aliphatic rings. The van der Waals surface area contributed by atoms with E-state index in [0.717, 1.165) is 0 Å². The van der Waals surface area contributed by atoms with Gasteiger partial charge in [0.05, 0.1) is 38.5 Å². The molecule has 2 aromatic rings. The molecule has 0 aliphatic carbocycles. The largest absolute Gasteiger partial charge is 0.496 e. The van der Waals surface area contributed by atoms with Crippen molar-refractivity contribution in [1.82, 2.24) is 0 Å². The van der Waals surface area contributed by atoms with Gasteiger partial charge < -0.3 is 14.2 Å². The Balaban J connectivity index is 2.65. The van der Waals surface area contributed by atoms with Gasteiger partial charge in [0.25, 0.3) is 0 Å². The van der Waals surface area contributed by atoms with E-state index in [9.17, 15) is 9.65 Å². The molecular formula is C18H16FNO3. The molecule has 2 aromatic carbocycles. The smallest absolute Gasteiger partial charge is 0.133 e. The van der Waals surface area contributed by atoms with Crippen LogP contribution in [0.15, 0.2) is 36.4 Å². The average Bonchev–Trinajstić information content (AvgIpc) is 2.59.